The second-order valence-electron chi connectivity index (χ2n) is 6.91. The molecule has 21 heavy (non-hydrogen) atoms. The van der Waals surface area contributed by atoms with Crippen LogP contribution in [0.1, 0.15) is 39.4 Å². The van der Waals surface area contributed by atoms with E-state index in [0.29, 0.717) is 12.3 Å². The molecular formula is C16H21NO4. The Morgan fingerprint density at radius 2 is 2.14 bits per heavy atom. The van der Waals surface area contributed by atoms with Gasteiger partial charge in [-0.1, -0.05) is 13.8 Å². The van der Waals surface area contributed by atoms with Crippen molar-refractivity contribution in [2.24, 2.45) is 22.2 Å². The van der Waals surface area contributed by atoms with Crippen LogP contribution in [0.3, 0.4) is 0 Å². The van der Waals surface area contributed by atoms with Crippen molar-refractivity contribution in [2.75, 3.05) is 0 Å². The number of amides is 1. The molecule has 0 saturated heterocycles. The Bertz CT molecular complexity index is 591. The monoisotopic (exact) mass is 291 g/mol. The zero-order chi connectivity index (χ0) is 15.5. The van der Waals surface area contributed by atoms with Gasteiger partial charge in [-0.15, -0.1) is 0 Å². The molecule has 0 unspecified atom stereocenters. The highest BCUT2D eigenvalue weighted by Crippen LogP contribution is 2.87. The fourth-order valence-electron chi connectivity index (χ4n) is 4.68. The first-order chi connectivity index (χ1) is 9.79. The maximum absolute atomic E-state index is 12.4. The number of carboxylic acid groups (broad SMARTS) is 1. The van der Waals surface area contributed by atoms with Gasteiger partial charge in [0.25, 0.3) is 0 Å². The Balaban J connectivity index is 1.73. The van der Waals surface area contributed by atoms with Crippen LogP contribution in [0.15, 0.2) is 22.8 Å². The van der Waals surface area contributed by atoms with Crippen molar-refractivity contribution >= 4 is 11.9 Å². The summed E-state index contributed by atoms with van der Waals surface area (Å²) in [6, 6.07) is 3.58. The van der Waals surface area contributed by atoms with Crippen molar-refractivity contribution in [3.05, 3.63) is 24.2 Å². The third kappa shape index (κ3) is 1.46. The van der Waals surface area contributed by atoms with Crippen molar-refractivity contribution in [1.29, 1.82) is 0 Å². The topological polar surface area (TPSA) is 79.5 Å². The second kappa shape index (κ2) is 4.12. The van der Waals surface area contributed by atoms with Gasteiger partial charge in [0.1, 0.15) is 5.76 Å². The summed E-state index contributed by atoms with van der Waals surface area (Å²) in [5.74, 6) is -0.372. The van der Waals surface area contributed by atoms with Crippen molar-refractivity contribution in [3.8, 4) is 0 Å². The molecule has 1 amide bonds. The number of nitrogens with one attached hydrogen (secondary N) is 1. The van der Waals surface area contributed by atoms with E-state index >= 15 is 0 Å². The predicted octanol–water partition coefficient (Wildman–Crippen LogP) is 2.42. The van der Waals surface area contributed by atoms with Gasteiger partial charge in [0.2, 0.25) is 5.91 Å². The third-order valence-electron chi connectivity index (χ3n) is 6.38. The lowest BCUT2D eigenvalue weighted by Crippen LogP contribution is -2.46. The van der Waals surface area contributed by atoms with Crippen LogP contribution >= 0.6 is 0 Å². The minimum Gasteiger partial charge on any atom is -0.481 e. The maximum Gasteiger partial charge on any atom is 0.310 e. The molecule has 3 atom stereocenters. The molecule has 2 N–H and O–H groups in total. The second-order valence-corrected chi connectivity index (χ2v) is 6.91. The number of hydrogen-bond donors (Lipinski definition) is 2. The minimum absolute atomic E-state index is 0.0595. The minimum atomic E-state index is -0.815. The number of rotatable bonds is 4. The number of aliphatic carboxylic acids is 1. The van der Waals surface area contributed by atoms with Crippen LogP contribution < -0.4 is 5.32 Å². The van der Waals surface area contributed by atoms with Crippen LogP contribution in [-0.2, 0) is 16.1 Å². The summed E-state index contributed by atoms with van der Waals surface area (Å²) in [5, 5.41) is 12.5. The van der Waals surface area contributed by atoms with Crippen LogP contribution in [0.25, 0.3) is 0 Å². The SMILES string of the molecule is CC1(C)[C@](C)(C(=O)O)[C@]12CC[C@@H]2C(=O)NCc1ccco1. The molecule has 0 aliphatic heterocycles. The van der Waals surface area contributed by atoms with Crippen LogP contribution in [0, 0.1) is 22.2 Å². The molecule has 0 radical (unpaired) electrons. The molecule has 2 aliphatic rings. The van der Waals surface area contributed by atoms with Crippen molar-refractivity contribution in [2.45, 2.75) is 40.2 Å². The molecule has 1 aromatic rings. The lowest BCUT2D eigenvalue weighted by Gasteiger charge is -2.40. The summed E-state index contributed by atoms with van der Waals surface area (Å²) in [5.41, 5.74) is -1.57. The highest BCUT2D eigenvalue weighted by molar-refractivity contribution is 5.89. The lowest BCUT2D eigenvalue weighted by atomic mass is 9.63. The van der Waals surface area contributed by atoms with Gasteiger partial charge in [0.15, 0.2) is 0 Å². The smallest absolute Gasteiger partial charge is 0.310 e. The van der Waals surface area contributed by atoms with Crippen molar-refractivity contribution < 1.29 is 19.1 Å². The van der Waals surface area contributed by atoms with Crippen molar-refractivity contribution in [3.63, 3.8) is 0 Å². The Labute approximate surface area is 123 Å². The Morgan fingerprint density at radius 3 is 2.57 bits per heavy atom. The van der Waals surface area contributed by atoms with Gasteiger partial charge in [-0.25, -0.2) is 0 Å². The molecular weight excluding hydrogens is 270 g/mol. The molecule has 114 valence electrons. The van der Waals surface area contributed by atoms with E-state index in [9.17, 15) is 14.7 Å². The summed E-state index contributed by atoms with van der Waals surface area (Å²) in [6.07, 6.45) is 3.13. The van der Waals surface area contributed by atoms with E-state index in [2.05, 4.69) is 5.32 Å². The van der Waals surface area contributed by atoms with E-state index < -0.39 is 16.8 Å². The Morgan fingerprint density at radius 1 is 1.43 bits per heavy atom. The average molecular weight is 291 g/mol. The molecule has 0 aromatic carbocycles. The molecule has 1 spiro atoms. The van der Waals surface area contributed by atoms with E-state index in [1.165, 1.54) is 0 Å². The Hall–Kier alpha value is -1.78. The van der Waals surface area contributed by atoms with E-state index in [1.54, 1.807) is 25.3 Å². The van der Waals surface area contributed by atoms with E-state index in [0.717, 1.165) is 12.8 Å². The summed E-state index contributed by atoms with van der Waals surface area (Å²) >= 11 is 0. The first-order valence-electron chi connectivity index (χ1n) is 7.32. The molecule has 1 aromatic heterocycles. The summed E-state index contributed by atoms with van der Waals surface area (Å²) in [7, 11) is 0. The number of furan rings is 1. The molecule has 3 rings (SSSR count). The number of carbonyl (C=O) groups excluding carboxylic acids is 1. The standard InChI is InChI=1S/C16H21NO4/c1-14(2)15(3,13(19)20)16(14)7-6-11(16)12(18)17-9-10-5-4-8-21-10/h4-5,8,11H,6-7,9H2,1-3H3,(H,17,18)(H,19,20)/t11-,15+,16+/m1/s1. The first-order valence-corrected chi connectivity index (χ1v) is 7.32. The van der Waals surface area contributed by atoms with Crippen molar-refractivity contribution in [1.82, 2.24) is 5.32 Å². The molecule has 2 saturated carbocycles. The van der Waals surface area contributed by atoms with Gasteiger partial charge in [-0.3, -0.25) is 9.59 Å². The van der Waals surface area contributed by atoms with E-state index in [4.69, 9.17) is 4.42 Å². The molecule has 5 nitrogen and oxygen atoms in total. The van der Waals surface area contributed by atoms with Gasteiger partial charge in [-0.05, 0) is 37.3 Å². The highest BCUT2D eigenvalue weighted by Gasteiger charge is 2.88. The quantitative estimate of drug-likeness (QED) is 0.893. The largest absolute Gasteiger partial charge is 0.481 e. The Kier molecular flexibility index (Phi) is 2.78. The summed E-state index contributed by atoms with van der Waals surface area (Å²) < 4.78 is 5.19. The first kappa shape index (κ1) is 14.2. The summed E-state index contributed by atoms with van der Waals surface area (Å²) in [6.45, 7) is 6.06. The fourth-order valence-corrected chi connectivity index (χ4v) is 4.68. The predicted molar refractivity (Wildman–Crippen MR) is 75.2 cm³/mol. The van der Waals surface area contributed by atoms with Crippen LogP contribution in [-0.4, -0.2) is 17.0 Å². The average Bonchev–Trinajstić information content (AvgIpc) is 2.73. The maximum atomic E-state index is 12.4. The van der Waals surface area contributed by atoms with Gasteiger partial charge >= 0.3 is 5.97 Å². The molecule has 2 fully saturated rings. The molecule has 2 aliphatic carbocycles. The lowest BCUT2D eigenvalue weighted by molar-refractivity contribution is -0.148. The van der Waals surface area contributed by atoms with E-state index in [-0.39, 0.29) is 17.2 Å². The van der Waals surface area contributed by atoms with E-state index in [1.807, 2.05) is 13.8 Å². The van der Waals surface area contributed by atoms with Gasteiger partial charge in [0.05, 0.1) is 18.2 Å². The molecule has 1 heterocycles. The number of hydrogen-bond acceptors (Lipinski definition) is 3. The van der Waals surface area contributed by atoms with Gasteiger partial charge in [0, 0.05) is 11.3 Å². The van der Waals surface area contributed by atoms with Crippen LogP contribution in [0.2, 0.25) is 0 Å². The number of carbonyl (C=O) groups is 2. The van der Waals surface area contributed by atoms with Gasteiger partial charge < -0.3 is 14.8 Å². The number of carboxylic acids is 1. The van der Waals surface area contributed by atoms with Crippen LogP contribution in [0.4, 0.5) is 0 Å². The zero-order valence-electron chi connectivity index (χ0n) is 12.6. The third-order valence-corrected chi connectivity index (χ3v) is 6.38. The zero-order valence-corrected chi connectivity index (χ0v) is 12.6. The normalized spacial score (nSPS) is 36.0. The molecule has 5 heteroatoms. The van der Waals surface area contributed by atoms with Crippen LogP contribution in [0.5, 0.6) is 0 Å². The fraction of sp³-hybridized carbons (Fsp3) is 0.625. The molecule has 0 bridgehead atoms. The van der Waals surface area contributed by atoms with Gasteiger partial charge in [-0.2, -0.15) is 0 Å². The highest BCUT2D eigenvalue weighted by atomic mass is 16.4. The summed E-state index contributed by atoms with van der Waals surface area (Å²) in [4.78, 5) is 24.1.